The Morgan fingerprint density at radius 3 is 2.15 bits per heavy atom. The molecule has 3 aromatic carbocycles. The fraction of sp³-hybridized carbons (Fsp3) is 0.222. The zero-order chi connectivity index (χ0) is 23.3. The van der Waals surface area contributed by atoms with E-state index in [1.165, 1.54) is 0 Å². The van der Waals surface area contributed by atoms with Crippen molar-refractivity contribution in [3.63, 3.8) is 0 Å². The molecule has 0 bridgehead atoms. The van der Waals surface area contributed by atoms with Crippen LogP contribution in [0.15, 0.2) is 84.9 Å². The van der Waals surface area contributed by atoms with Crippen molar-refractivity contribution in [3.05, 3.63) is 96.1 Å². The SMILES string of the molecule is N#CCCN(C(=O)CCC(=O)NCc1ccc(COc2ccccc2)cc1)c1ccccc1. The van der Waals surface area contributed by atoms with Crippen molar-refractivity contribution in [3.8, 4) is 11.8 Å². The average Bonchev–Trinajstić information content (AvgIpc) is 2.87. The fourth-order valence-electron chi connectivity index (χ4n) is 3.25. The first-order chi connectivity index (χ1) is 16.2. The number of benzene rings is 3. The van der Waals surface area contributed by atoms with Crippen molar-refractivity contribution in [1.82, 2.24) is 5.32 Å². The Morgan fingerprint density at radius 2 is 1.48 bits per heavy atom. The minimum Gasteiger partial charge on any atom is -0.489 e. The minimum absolute atomic E-state index is 0.0852. The van der Waals surface area contributed by atoms with Gasteiger partial charge in [0.25, 0.3) is 0 Å². The van der Waals surface area contributed by atoms with Crippen LogP contribution in [0.4, 0.5) is 5.69 Å². The van der Waals surface area contributed by atoms with E-state index in [0.717, 1.165) is 22.6 Å². The summed E-state index contributed by atoms with van der Waals surface area (Å²) < 4.78 is 5.74. The Morgan fingerprint density at radius 1 is 0.848 bits per heavy atom. The molecular formula is C27H27N3O3. The molecule has 0 saturated carbocycles. The van der Waals surface area contributed by atoms with E-state index in [9.17, 15) is 9.59 Å². The maximum Gasteiger partial charge on any atom is 0.227 e. The molecule has 33 heavy (non-hydrogen) atoms. The predicted molar refractivity (Wildman–Crippen MR) is 127 cm³/mol. The van der Waals surface area contributed by atoms with E-state index in [2.05, 4.69) is 11.4 Å². The van der Waals surface area contributed by atoms with Crippen molar-refractivity contribution < 1.29 is 14.3 Å². The predicted octanol–water partition coefficient (Wildman–Crippen LogP) is 4.61. The van der Waals surface area contributed by atoms with E-state index < -0.39 is 0 Å². The lowest BCUT2D eigenvalue weighted by molar-refractivity contribution is -0.125. The van der Waals surface area contributed by atoms with Gasteiger partial charge in [0.1, 0.15) is 12.4 Å². The lowest BCUT2D eigenvalue weighted by atomic mass is 10.1. The van der Waals surface area contributed by atoms with E-state index in [1.807, 2.05) is 84.9 Å². The molecule has 1 N–H and O–H groups in total. The Labute approximate surface area is 194 Å². The van der Waals surface area contributed by atoms with Gasteiger partial charge in [0.2, 0.25) is 11.8 Å². The Hall–Kier alpha value is -4.11. The maximum absolute atomic E-state index is 12.7. The summed E-state index contributed by atoms with van der Waals surface area (Å²) in [5.41, 5.74) is 2.74. The lowest BCUT2D eigenvalue weighted by Gasteiger charge is -2.21. The molecule has 0 unspecified atom stereocenters. The summed E-state index contributed by atoms with van der Waals surface area (Å²) in [6.07, 6.45) is 0.416. The summed E-state index contributed by atoms with van der Waals surface area (Å²) in [6.45, 7) is 1.17. The standard InChI is InChI=1S/C27H27N3O3/c28-18-7-19-30(24-8-3-1-4-9-24)27(32)17-16-26(31)29-20-22-12-14-23(15-13-22)21-33-25-10-5-2-6-11-25/h1-6,8-15H,7,16-17,19-21H2,(H,29,31). The molecular weight excluding hydrogens is 414 g/mol. The normalized spacial score (nSPS) is 10.2. The van der Waals surface area contributed by atoms with Crippen LogP contribution in [0.25, 0.3) is 0 Å². The van der Waals surface area contributed by atoms with Crippen LogP contribution in [-0.4, -0.2) is 18.4 Å². The number of anilines is 1. The van der Waals surface area contributed by atoms with Gasteiger partial charge < -0.3 is 15.0 Å². The molecule has 0 radical (unpaired) electrons. The van der Waals surface area contributed by atoms with Crippen molar-refractivity contribution in [1.29, 1.82) is 5.26 Å². The molecule has 0 aliphatic carbocycles. The Balaban J connectivity index is 1.43. The van der Waals surface area contributed by atoms with Gasteiger partial charge in [0.05, 0.1) is 12.5 Å². The summed E-state index contributed by atoms with van der Waals surface area (Å²) in [5, 5.41) is 11.7. The number of hydrogen-bond acceptors (Lipinski definition) is 4. The highest BCUT2D eigenvalue weighted by molar-refractivity contribution is 5.95. The van der Waals surface area contributed by atoms with Gasteiger partial charge in [0, 0.05) is 31.6 Å². The van der Waals surface area contributed by atoms with Gasteiger partial charge in [-0.3, -0.25) is 9.59 Å². The quantitative estimate of drug-likeness (QED) is 0.471. The van der Waals surface area contributed by atoms with Crippen molar-refractivity contribution in [2.45, 2.75) is 32.4 Å². The molecule has 0 fully saturated rings. The highest BCUT2D eigenvalue weighted by Gasteiger charge is 2.16. The molecule has 0 spiro atoms. The van der Waals surface area contributed by atoms with Crippen LogP contribution < -0.4 is 15.0 Å². The van der Waals surface area contributed by atoms with Gasteiger partial charge in [-0.05, 0) is 35.4 Å². The van der Waals surface area contributed by atoms with Gasteiger partial charge in [-0.25, -0.2) is 0 Å². The van der Waals surface area contributed by atoms with Crippen LogP contribution in [0.5, 0.6) is 5.75 Å². The van der Waals surface area contributed by atoms with Crippen molar-refractivity contribution in [2.24, 2.45) is 0 Å². The number of ether oxygens (including phenoxy) is 1. The topological polar surface area (TPSA) is 82.4 Å². The highest BCUT2D eigenvalue weighted by atomic mass is 16.5. The molecule has 3 aromatic rings. The number of nitriles is 1. The van der Waals surface area contributed by atoms with Gasteiger partial charge >= 0.3 is 0 Å². The number of rotatable bonds is 11. The molecule has 6 heteroatoms. The number of carbonyl (C=O) groups excluding carboxylic acids is 2. The third-order valence-corrected chi connectivity index (χ3v) is 5.04. The zero-order valence-corrected chi connectivity index (χ0v) is 18.4. The number of nitrogens with zero attached hydrogens (tertiary/aromatic N) is 2. The molecule has 0 aromatic heterocycles. The molecule has 0 heterocycles. The number of nitrogens with one attached hydrogen (secondary N) is 1. The van der Waals surface area contributed by atoms with Crippen LogP contribution in [0.1, 0.15) is 30.4 Å². The zero-order valence-electron chi connectivity index (χ0n) is 18.4. The van der Waals surface area contributed by atoms with Crippen molar-refractivity contribution in [2.75, 3.05) is 11.4 Å². The van der Waals surface area contributed by atoms with Gasteiger partial charge in [-0.2, -0.15) is 5.26 Å². The smallest absolute Gasteiger partial charge is 0.227 e. The second kappa shape index (κ2) is 12.7. The summed E-state index contributed by atoms with van der Waals surface area (Å²) >= 11 is 0. The molecule has 168 valence electrons. The third-order valence-electron chi connectivity index (χ3n) is 5.04. The van der Waals surface area contributed by atoms with E-state index in [1.54, 1.807) is 4.90 Å². The number of hydrogen-bond donors (Lipinski definition) is 1. The molecule has 0 aliphatic heterocycles. The highest BCUT2D eigenvalue weighted by Crippen LogP contribution is 2.16. The Kier molecular flexibility index (Phi) is 9.04. The van der Waals surface area contributed by atoms with Crippen molar-refractivity contribution >= 4 is 17.5 Å². The molecule has 6 nitrogen and oxygen atoms in total. The summed E-state index contributed by atoms with van der Waals surface area (Å²) in [4.78, 5) is 26.5. The molecule has 0 atom stereocenters. The van der Waals surface area contributed by atoms with Gasteiger partial charge in [-0.1, -0.05) is 60.7 Å². The molecule has 0 aliphatic rings. The monoisotopic (exact) mass is 441 g/mol. The van der Waals surface area contributed by atoms with E-state index >= 15 is 0 Å². The molecule has 0 saturated heterocycles. The number of carbonyl (C=O) groups is 2. The number of amides is 2. The second-order valence-corrected chi connectivity index (χ2v) is 7.48. The van der Waals surface area contributed by atoms with Crippen LogP contribution in [0.2, 0.25) is 0 Å². The lowest BCUT2D eigenvalue weighted by Crippen LogP contribution is -2.33. The van der Waals surface area contributed by atoms with Gasteiger partial charge in [0.15, 0.2) is 0 Å². The third kappa shape index (κ3) is 7.82. The van der Waals surface area contributed by atoms with E-state index in [0.29, 0.717) is 19.7 Å². The number of para-hydroxylation sites is 2. The van der Waals surface area contributed by atoms with Crippen LogP contribution in [0.3, 0.4) is 0 Å². The van der Waals surface area contributed by atoms with Crippen LogP contribution >= 0.6 is 0 Å². The first-order valence-electron chi connectivity index (χ1n) is 10.9. The van der Waals surface area contributed by atoms with Gasteiger partial charge in [-0.15, -0.1) is 0 Å². The molecule has 2 amide bonds. The fourth-order valence-corrected chi connectivity index (χ4v) is 3.25. The average molecular weight is 442 g/mol. The molecule has 3 rings (SSSR count). The minimum atomic E-state index is -0.187. The second-order valence-electron chi connectivity index (χ2n) is 7.48. The van der Waals surface area contributed by atoms with Crippen LogP contribution in [-0.2, 0) is 22.7 Å². The van der Waals surface area contributed by atoms with Crippen LogP contribution in [0, 0.1) is 11.3 Å². The Bertz CT molecular complexity index is 1060. The summed E-state index contributed by atoms with van der Waals surface area (Å²) in [7, 11) is 0. The summed E-state index contributed by atoms with van der Waals surface area (Å²) in [6, 6.07) is 28.7. The summed E-state index contributed by atoms with van der Waals surface area (Å²) in [5.74, 6) is 0.462. The van der Waals surface area contributed by atoms with E-state index in [-0.39, 0.29) is 31.1 Å². The van der Waals surface area contributed by atoms with E-state index in [4.69, 9.17) is 10.00 Å². The first kappa shape index (κ1) is 23.6. The largest absolute Gasteiger partial charge is 0.489 e. The first-order valence-corrected chi connectivity index (χ1v) is 10.9. The maximum atomic E-state index is 12.7.